The Balaban J connectivity index is 2.02. The molecule has 0 saturated carbocycles. The molecule has 2 aromatic rings. The average Bonchev–Trinajstić information content (AvgIpc) is 2.76. The van der Waals surface area contributed by atoms with Gasteiger partial charge in [0.15, 0.2) is 0 Å². The Morgan fingerprint density at radius 2 is 2.25 bits per heavy atom. The first-order chi connectivity index (χ1) is 7.63. The highest BCUT2D eigenvalue weighted by atomic mass is 15.4. The molecule has 1 atom stereocenters. The molecule has 1 unspecified atom stereocenters. The van der Waals surface area contributed by atoms with Crippen LogP contribution in [-0.4, -0.2) is 25.6 Å². The third-order valence-electron chi connectivity index (χ3n) is 2.36. The maximum Gasteiger partial charge on any atom is 0.102 e. The molecule has 0 bridgehead atoms. The van der Waals surface area contributed by atoms with Gasteiger partial charge < -0.3 is 10.3 Å². The molecule has 0 aliphatic rings. The van der Waals surface area contributed by atoms with Gasteiger partial charge in [0.05, 0.1) is 6.54 Å². The summed E-state index contributed by atoms with van der Waals surface area (Å²) in [6, 6.07) is 2.30. The highest BCUT2D eigenvalue weighted by molar-refractivity contribution is 5.12. The topological polar surface area (TPSA) is 61.7 Å². The van der Waals surface area contributed by atoms with Crippen LogP contribution < -0.4 is 5.73 Å². The number of nitrogens with zero attached hydrogens (tertiary/aromatic N) is 4. The number of aryl methyl sites for hydroxylation is 1. The van der Waals surface area contributed by atoms with E-state index in [0.29, 0.717) is 0 Å². The summed E-state index contributed by atoms with van der Waals surface area (Å²) in [5.41, 5.74) is 7.98. The fourth-order valence-electron chi connectivity index (χ4n) is 1.74. The zero-order valence-electron chi connectivity index (χ0n) is 9.67. The molecule has 0 aliphatic heterocycles. The Morgan fingerprint density at radius 1 is 1.44 bits per heavy atom. The van der Waals surface area contributed by atoms with Crippen molar-refractivity contribution in [3.05, 3.63) is 35.9 Å². The van der Waals surface area contributed by atoms with E-state index >= 15 is 0 Å². The lowest BCUT2D eigenvalue weighted by Crippen LogP contribution is -2.17. The lowest BCUT2D eigenvalue weighted by molar-refractivity contribution is 0.708. The van der Waals surface area contributed by atoms with Crippen molar-refractivity contribution in [2.45, 2.75) is 25.9 Å². The van der Waals surface area contributed by atoms with Gasteiger partial charge in [-0.3, -0.25) is 4.68 Å². The summed E-state index contributed by atoms with van der Waals surface area (Å²) >= 11 is 0. The van der Waals surface area contributed by atoms with E-state index < -0.39 is 0 Å². The van der Waals surface area contributed by atoms with Crippen LogP contribution in [0.5, 0.6) is 0 Å². The zero-order chi connectivity index (χ0) is 11.5. The molecule has 0 aliphatic carbocycles. The summed E-state index contributed by atoms with van der Waals surface area (Å²) in [6.07, 6.45) is 6.99. The largest absolute Gasteiger partial charge is 0.348 e. The summed E-state index contributed by atoms with van der Waals surface area (Å²) in [5.74, 6) is 0. The van der Waals surface area contributed by atoms with Crippen molar-refractivity contribution < 1.29 is 0 Å². The van der Waals surface area contributed by atoms with Gasteiger partial charge in [0, 0.05) is 31.7 Å². The zero-order valence-corrected chi connectivity index (χ0v) is 9.67. The first kappa shape index (κ1) is 10.9. The van der Waals surface area contributed by atoms with Gasteiger partial charge >= 0.3 is 0 Å². The van der Waals surface area contributed by atoms with E-state index in [4.69, 9.17) is 5.73 Å². The molecule has 16 heavy (non-hydrogen) atoms. The number of aromatic nitrogens is 4. The van der Waals surface area contributed by atoms with Crippen LogP contribution in [-0.2, 0) is 20.0 Å². The molecule has 0 fully saturated rings. The first-order valence-electron chi connectivity index (χ1n) is 5.39. The van der Waals surface area contributed by atoms with E-state index in [9.17, 15) is 0 Å². The highest BCUT2D eigenvalue weighted by Gasteiger charge is 2.02. The first-order valence-corrected chi connectivity index (χ1v) is 5.39. The minimum absolute atomic E-state index is 0.201. The van der Waals surface area contributed by atoms with Gasteiger partial charge in [-0.15, -0.1) is 5.10 Å². The minimum atomic E-state index is 0.201. The Morgan fingerprint density at radius 3 is 2.88 bits per heavy atom. The van der Waals surface area contributed by atoms with Crippen LogP contribution in [0.4, 0.5) is 0 Å². The van der Waals surface area contributed by atoms with Gasteiger partial charge in [0.1, 0.15) is 5.69 Å². The Labute approximate surface area is 94.9 Å². The van der Waals surface area contributed by atoms with Gasteiger partial charge in [-0.25, -0.2) is 0 Å². The second kappa shape index (κ2) is 4.49. The van der Waals surface area contributed by atoms with E-state index in [1.807, 2.05) is 26.4 Å². The molecule has 0 aromatic carbocycles. The van der Waals surface area contributed by atoms with Crippen molar-refractivity contribution >= 4 is 0 Å². The van der Waals surface area contributed by atoms with Crippen LogP contribution in [0.25, 0.3) is 0 Å². The molecule has 5 nitrogen and oxygen atoms in total. The van der Waals surface area contributed by atoms with Crippen molar-refractivity contribution in [3.63, 3.8) is 0 Å². The van der Waals surface area contributed by atoms with E-state index in [1.54, 1.807) is 4.68 Å². The van der Waals surface area contributed by atoms with E-state index in [1.165, 1.54) is 5.56 Å². The van der Waals surface area contributed by atoms with Gasteiger partial charge in [-0.1, -0.05) is 5.21 Å². The van der Waals surface area contributed by atoms with Crippen LogP contribution in [0.2, 0.25) is 0 Å². The van der Waals surface area contributed by atoms with Crippen LogP contribution in [0.1, 0.15) is 18.2 Å². The van der Waals surface area contributed by atoms with E-state index in [0.717, 1.165) is 18.7 Å². The van der Waals surface area contributed by atoms with Crippen LogP contribution >= 0.6 is 0 Å². The molecule has 2 rings (SSSR count). The number of hydrogen-bond acceptors (Lipinski definition) is 3. The predicted molar refractivity (Wildman–Crippen MR) is 61.9 cm³/mol. The normalized spacial score (nSPS) is 12.9. The molecule has 2 aromatic heterocycles. The molecule has 86 valence electrons. The lowest BCUT2D eigenvalue weighted by atomic mass is 10.1. The second-order valence-electron chi connectivity index (χ2n) is 4.26. The summed E-state index contributed by atoms with van der Waals surface area (Å²) < 4.78 is 3.81. The summed E-state index contributed by atoms with van der Waals surface area (Å²) in [4.78, 5) is 0. The molecule has 5 heteroatoms. The van der Waals surface area contributed by atoms with Crippen molar-refractivity contribution in [2.75, 3.05) is 0 Å². The van der Waals surface area contributed by atoms with E-state index in [2.05, 4.69) is 27.1 Å². The van der Waals surface area contributed by atoms with Crippen LogP contribution in [0.15, 0.2) is 24.7 Å². The lowest BCUT2D eigenvalue weighted by Gasteiger charge is -2.01. The van der Waals surface area contributed by atoms with Gasteiger partial charge in [-0.05, 0) is 25.0 Å². The number of rotatable bonds is 4. The molecule has 2 heterocycles. The maximum atomic E-state index is 5.75. The molecular weight excluding hydrogens is 202 g/mol. The smallest absolute Gasteiger partial charge is 0.102 e. The number of hydrogen-bond donors (Lipinski definition) is 1. The molecule has 0 amide bonds. The summed E-state index contributed by atoms with van der Waals surface area (Å²) in [6.45, 7) is 2.77. The Kier molecular flexibility index (Phi) is 3.05. The third-order valence-corrected chi connectivity index (χ3v) is 2.36. The second-order valence-corrected chi connectivity index (χ2v) is 4.26. The third kappa shape index (κ3) is 2.70. The number of nitrogens with two attached hydrogens (primary N) is 1. The van der Waals surface area contributed by atoms with E-state index in [-0.39, 0.29) is 6.04 Å². The van der Waals surface area contributed by atoms with Crippen molar-refractivity contribution in [3.8, 4) is 0 Å². The Hall–Kier alpha value is -1.62. The summed E-state index contributed by atoms with van der Waals surface area (Å²) in [7, 11) is 1.87. The van der Waals surface area contributed by atoms with Crippen molar-refractivity contribution in [2.24, 2.45) is 12.8 Å². The Bertz CT molecular complexity index is 454. The average molecular weight is 219 g/mol. The van der Waals surface area contributed by atoms with Crippen molar-refractivity contribution in [1.29, 1.82) is 0 Å². The van der Waals surface area contributed by atoms with Gasteiger partial charge in [0.2, 0.25) is 0 Å². The molecule has 0 spiro atoms. The molecule has 0 saturated heterocycles. The fourth-order valence-corrected chi connectivity index (χ4v) is 1.74. The van der Waals surface area contributed by atoms with Gasteiger partial charge in [0.25, 0.3) is 0 Å². The molecule has 0 radical (unpaired) electrons. The van der Waals surface area contributed by atoms with Crippen molar-refractivity contribution in [1.82, 2.24) is 19.6 Å². The monoisotopic (exact) mass is 219 g/mol. The van der Waals surface area contributed by atoms with Crippen LogP contribution in [0, 0.1) is 0 Å². The van der Waals surface area contributed by atoms with Crippen LogP contribution in [0.3, 0.4) is 0 Å². The molecular formula is C11H17N5. The maximum absolute atomic E-state index is 5.75. The fraction of sp³-hybridized carbons (Fsp3) is 0.455. The minimum Gasteiger partial charge on any atom is -0.348 e. The predicted octanol–water partition coefficient (Wildman–Crippen LogP) is 0.555. The van der Waals surface area contributed by atoms with Gasteiger partial charge in [-0.2, -0.15) is 0 Å². The standard InChI is InChI=1S/C11H17N5/c1-9(12)5-10-3-4-16(6-10)8-11-7-15(2)14-13-11/h3-4,6-7,9H,5,8,12H2,1-2H3. The highest BCUT2D eigenvalue weighted by Crippen LogP contribution is 2.06. The quantitative estimate of drug-likeness (QED) is 0.817. The summed E-state index contributed by atoms with van der Waals surface area (Å²) in [5, 5.41) is 7.95. The SMILES string of the molecule is CC(N)Cc1ccn(Cc2cn(C)nn2)c1. The molecule has 2 N–H and O–H groups in total.